The fraction of sp³-hybridized carbons (Fsp3) is 0.600. The molecule has 0 radical (unpaired) electrons. The summed E-state index contributed by atoms with van der Waals surface area (Å²) in [7, 11) is 0. The van der Waals surface area contributed by atoms with E-state index < -0.39 is 0 Å². The number of ether oxygens (including phenoxy) is 1. The number of rotatable bonds is 5. The van der Waals surface area contributed by atoms with Gasteiger partial charge in [-0.3, -0.25) is 0 Å². The zero-order chi connectivity index (χ0) is 12.3. The highest BCUT2D eigenvalue weighted by Gasteiger charge is 2.37. The lowest BCUT2D eigenvalue weighted by molar-refractivity contribution is 0.227. The van der Waals surface area contributed by atoms with Crippen molar-refractivity contribution in [1.29, 1.82) is 0 Å². The van der Waals surface area contributed by atoms with Crippen LogP contribution in [-0.4, -0.2) is 12.6 Å². The van der Waals surface area contributed by atoms with E-state index in [0.717, 1.165) is 18.7 Å². The van der Waals surface area contributed by atoms with Gasteiger partial charge in [-0.1, -0.05) is 18.6 Å². The molecule has 0 amide bonds. The van der Waals surface area contributed by atoms with E-state index in [9.17, 15) is 0 Å². The molecule has 1 aliphatic rings. The summed E-state index contributed by atoms with van der Waals surface area (Å²) in [6.07, 6.45) is 5.26. The number of benzene rings is 1. The topological polar surface area (TPSA) is 35.2 Å². The quantitative estimate of drug-likeness (QED) is 0.847. The average Bonchev–Trinajstić information content (AvgIpc) is 2.24. The lowest BCUT2D eigenvalue weighted by atomic mass is 9.62. The molecular weight excluding hydrogens is 210 g/mol. The van der Waals surface area contributed by atoms with Gasteiger partial charge in [0.2, 0.25) is 0 Å². The van der Waals surface area contributed by atoms with Gasteiger partial charge >= 0.3 is 0 Å². The summed E-state index contributed by atoms with van der Waals surface area (Å²) in [5, 5.41) is 0. The molecule has 17 heavy (non-hydrogen) atoms. The monoisotopic (exact) mass is 233 g/mol. The van der Waals surface area contributed by atoms with E-state index in [1.807, 2.05) is 0 Å². The Morgan fingerprint density at radius 2 is 1.88 bits per heavy atom. The van der Waals surface area contributed by atoms with Crippen molar-refractivity contribution >= 4 is 0 Å². The summed E-state index contributed by atoms with van der Waals surface area (Å²) in [4.78, 5) is 0. The van der Waals surface area contributed by atoms with Crippen LogP contribution in [-0.2, 0) is 5.41 Å². The molecular formula is C15H23NO. The lowest BCUT2D eigenvalue weighted by Crippen LogP contribution is -2.36. The van der Waals surface area contributed by atoms with Crippen LogP contribution in [0.2, 0.25) is 0 Å². The van der Waals surface area contributed by atoms with Crippen molar-refractivity contribution in [2.75, 3.05) is 6.54 Å². The van der Waals surface area contributed by atoms with Gasteiger partial charge in [-0.25, -0.2) is 0 Å². The first kappa shape index (κ1) is 12.4. The van der Waals surface area contributed by atoms with Crippen molar-refractivity contribution < 1.29 is 4.74 Å². The zero-order valence-electron chi connectivity index (χ0n) is 10.9. The second-order valence-corrected chi connectivity index (χ2v) is 5.36. The van der Waals surface area contributed by atoms with Crippen molar-refractivity contribution in [2.24, 2.45) is 5.73 Å². The normalized spacial score (nSPS) is 17.9. The van der Waals surface area contributed by atoms with Crippen molar-refractivity contribution in [3.8, 4) is 5.75 Å². The van der Waals surface area contributed by atoms with Gasteiger partial charge in [0.1, 0.15) is 5.75 Å². The summed E-state index contributed by atoms with van der Waals surface area (Å²) < 4.78 is 5.67. The van der Waals surface area contributed by atoms with Crippen molar-refractivity contribution in [3.63, 3.8) is 0 Å². The SMILES string of the molecule is CC(C)Oc1ccc(C2(CCN)CCC2)cc1. The van der Waals surface area contributed by atoms with E-state index in [4.69, 9.17) is 10.5 Å². The van der Waals surface area contributed by atoms with Crippen molar-refractivity contribution in [3.05, 3.63) is 29.8 Å². The summed E-state index contributed by atoms with van der Waals surface area (Å²) in [5.74, 6) is 0.964. The van der Waals surface area contributed by atoms with Crippen LogP contribution in [0.3, 0.4) is 0 Å². The molecule has 1 aliphatic carbocycles. The first-order chi connectivity index (χ1) is 8.16. The predicted octanol–water partition coefficient (Wildman–Crippen LogP) is 3.24. The van der Waals surface area contributed by atoms with Gasteiger partial charge in [0.15, 0.2) is 0 Å². The van der Waals surface area contributed by atoms with E-state index in [1.165, 1.54) is 24.8 Å². The molecule has 0 unspecified atom stereocenters. The maximum Gasteiger partial charge on any atom is 0.119 e. The molecule has 2 N–H and O–H groups in total. The van der Waals surface area contributed by atoms with Crippen LogP contribution in [0, 0.1) is 0 Å². The minimum atomic E-state index is 0.238. The van der Waals surface area contributed by atoms with E-state index in [0.29, 0.717) is 5.41 Å². The Labute approximate surface area is 104 Å². The Morgan fingerprint density at radius 1 is 1.24 bits per heavy atom. The molecule has 0 saturated heterocycles. The van der Waals surface area contributed by atoms with Crippen LogP contribution in [0.15, 0.2) is 24.3 Å². The van der Waals surface area contributed by atoms with E-state index in [1.54, 1.807) is 0 Å². The Kier molecular flexibility index (Phi) is 3.72. The third-order valence-electron chi connectivity index (χ3n) is 3.77. The first-order valence-electron chi connectivity index (χ1n) is 6.63. The molecule has 0 atom stereocenters. The molecule has 0 spiro atoms. The van der Waals surface area contributed by atoms with E-state index in [2.05, 4.69) is 38.1 Å². The van der Waals surface area contributed by atoms with Crippen LogP contribution < -0.4 is 10.5 Å². The molecule has 0 aliphatic heterocycles. The standard InChI is InChI=1S/C15H23NO/c1-12(2)17-14-6-4-13(5-7-14)15(10-11-16)8-3-9-15/h4-7,12H,3,8-11,16H2,1-2H3. The fourth-order valence-corrected chi connectivity index (χ4v) is 2.72. The molecule has 0 aromatic heterocycles. The Hall–Kier alpha value is -1.02. The highest BCUT2D eigenvalue weighted by Crippen LogP contribution is 2.46. The fourth-order valence-electron chi connectivity index (χ4n) is 2.72. The third-order valence-corrected chi connectivity index (χ3v) is 3.77. The highest BCUT2D eigenvalue weighted by molar-refractivity contribution is 5.34. The Bertz CT molecular complexity index is 352. The maximum absolute atomic E-state index is 5.73. The number of hydrogen-bond acceptors (Lipinski definition) is 2. The predicted molar refractivity (Wildman–Crippen MR) is 71.4 cm³/mol. The molecule has 1 fully saturated rings. The smallest absolute Gasteiger partial charge is 0.119 e. The van der Waals surface area contributed by atoms with Gasteiger partial charge in [-0.05, 0) is 62.8 Å². The average molecular weight is 233 g/mol. The molecule has 2 heteroatoms. The molecule has 2 rings (SSSR count). The number of nitrogens with two attached hydrogens (primary N) is 1. The summed E-state index contributed by atoms with van der Waals surface area (Å²) in [6.45, 7) is 4.88. The van der Waals surface area contributed by atoms with Gasteiger partial charge < -0.3 is 10.5 Å². The third kappa shape index (κ3) is 2.63. The minimum Gasteiger partial charge on any atom is -0.491 e. The van der Waals surface area contributed by atoms with Crippen LogP contribution in [0.5, 0.6) is 5.75 Å². The van der Waals surface area contributed by atoms with Crippen LogP contribution >= 0.6 is 0 Å². The molecule has 1 aromatic carbocycles. The molecule has 1 saturated carbocycles. The molecule has 2 nitrogen and oxygen atoms in total. The van der Waals surface area contributed by atoms with Crippen LogP contribution in [0.25, 0.3) is 0 Å². The van der Waals surface area contributed by atoms with Gasteiger partial charge in [0, 0.05) is 0 Å². The highest BCUT2D eigenvalue weighted by atomic mass is 16.5. The second kappa shape index (κ2) is 5.09. The van der Waals surface area contributed by atoms with E-state index >= 15 is 0 Å². The van der Waals surface area contributed by atoms with Crippen molar-refractivity contribution in [1.82, 2.24) is 0 Å². The number of hydrogen-bond donors (Lipinski definition) is 1. The van der Waals surface area contributed by atoms with Gasteiger partial charge in [-0.15, -0.1) is 0 Å². The summed E-state index contributed by atoms with van der Waals surface area (Å²) in [6, 6.07) is 8.61. The van der Waals surface area contributed by atoms with Gasteiger partial charge in [0.05, 0.1) is 6.10 Å². The van der Waals surface area contributed by atoms with Crippen molar-refractivity contribution in [2.45, 2.75) is 51.0 Å². The first-order valence-corrected chi connectivity index (χ1v) is 6.63. The molecule has 1 aromatic rings. The molecule has 0 bridgehead atoms. The minimum absolute atomic E-state index is 0.238. The van der Waals surface area contributed by atoms with Gasteiger partial charge in [0.25, 0.3) is 0 Å². The zero-order valence-corrected chi connectivity index (χ0v) is 10.9. The second-order valence-electron chi connectivity index (χ2n) is 5.36. The lowest BCUT2D eigenvalue weighted by Gasteiger charge is -2.42. The van der Waals surface area contributed by atoms with Gasteiger partial charge in [-0.2, -0.15) is 0 Å². The Balaban J connectivity index is 2.11. The Morgan fingerprint density at radius 3 is 2.29 bits per heavy atom. The molecule has 0 heterocycles. The van der Waals surface area contributed by atoms with Crippen LogP contribution in [0.1, 0.15) is 45.1 Å². The summed E-state index contributed by atoms with van der Waals surface area (Å²) in [5.41, 5.74) is 7.53. The van der Waals surface area contributed by atoms with Crippen LogP contribution in [0.4, 0.5) is 0 Å². The summed E-state index contributed by atoms with van der Waals surface area (Å²) >= 11 is 0. The molecule has 94 valence electrons. The van der Waals surface area contributed by atoms with E-state index in [-0.39, 0.29) is 6.10 Å². The maximum atomic E-state index is 5.73. The largest absolute Gasteiger partial charge is 0.491 e.